The van der Waals surface area contributed by atoms with Gasteiger partial charge in [-0.2, -0.15) is 0 Å². The Bertz CT molecular complexity index is 887. The van der Waals surface area contributed by atoms with Crippen molar-refractivity contribution < 1.29 is 19.1 Å². The van der Waals surface area contributed by atoms with Crippen molar-refractivity contribution in [3.8, 4) is 0 Å². The van der Waals surface area contributed by atoms with Crippen LogP contribution in [0, 0.1) is 0 Å². The number of imide groups is 1. The van der Waals surface area contributed by atoms with Crippen LogP contribution >= 0.6 is 0 Å². The van der Waals surface area contributed by atoms with E-state index in [1.54, 1.807) is 6.92 Å². The lowest BCUT2D eigenvalue weighted by Crippen LogP contribution is -2.32. The normalized spacial score (nSPS) is 14.2. The van der Waals surface area contributed by atoms with Gasteiger partial charge < -0.3 is 19.9 Å². The molecule has 8 nitrogen and oxygen atoms in total. The number of carbonyl (C=O) groups is 3. The molecule has 0 atom stereocenters. The van der Waals surface area contributed by atoms with Gasteiger partial charge in [0.15, 0.2) is 0 Å². The Hall–Kier alpha value is -2.87. The Balaban J connectivity index is 1.88. The fourth-order valence-corrected chi connectivity index (χ4v) is 3.35. The molecule has 2 N–H and O–H groups in total. The summed E-state index contributed by atoms with van der Waals surface area (Å²) in [6, 6.07) is 5.56. The predicted octanol–water partition coefficient (Wildman–Crippen LogP) is 1.54. The third kappa shape index (κ3) is 4.17. The fraction of sp³-hybridized carbons (Fsp3) is 0.450. The lowest BCUT2D eigenvalue weighted by molar-refractivity contribution is -0.124. The highest BCUT2D eigenvalue weighted by atomic mass is 16.5. The summed E-state index contributed by atoms with van der Waals surface area (Å²) >= 11 is 0. The molecule has 3 amide bonds. The first-order valence-corrected chi connectivity index (χ1v) is 9.44. The van der Waals surface area contributed by atoms with E-state index in [4.69, 9.17) is 4.74 Å². The minimum atomic E-state index is -0.353. The number of H-pyrrole nitrogens is 1. The molecule has 2 heterocycles. The summed E-state index contributed by atoms with van der Waals surface area (Å²) in [7, 11) is 3.98. The van der Waals surface area contributed by atoms with Crippen LogP contribution in [0.1, 0.15) is 28.5 Å². The van der Waals surface area contributed by atoms with Gasteiger partial charge in [-0.05, 0) is 57.1 Å². The number of nitrogens with zero attached hydrogens (tertiary/aromatic N) is 2. The average molecular weight is 386 g/mol. The SMILES string of the molecule is CCOC(=O)c1[nH]c2ccc(CCN3C(=O)CNC3=O)cc2c1CCN(C)C. The van der Waals surface area contributed by atoms with Crippen LogP contribution in [-0.2, 0) is 22.4 Å². The minimum Gasteiger partial charge on any atom is -0.461 e. The van der Waals surface area contributed by atoms with Crippen LogP contribution in [0.25, 0.3) is 10.9 Å². The molecule has 0 radical (unpaired) electrons. The van der Waals surface area contributed by atoms with E-state index in [9.17, 15) is 14.4 Å². The number of fused-ring (bicyclic) bond motifs is 1. The molecule has 1 aromatic carbocycles. The van der Waals surface area contributed by atoms with Gasteiger partial charge in [-0.1, -0.05) is 6.07 Å². The van der Waals surface area contributed by atoms with Crippen molar-refractivity contribution in [1.82, 2.24) is 20.1 Å². The number of nitrogens with one attached hydrogen (secondary N) is 2. The molecule has 1 saturated heterocycles. The first-order valence-electron chi connectivity index (χ1n) is 9.44. The number of likely N-dealkylation sites (N-methyl/N-ethyl adjacent to an activating group) is 1. The molecule has 1 fully saturated rings. The van der Waals surface area contributed by atoms with Gasteiger partial charge in [0.1, 0.15) is 5.69 Å². The van der Waals surface area contributed by atoms with Crippen LogP contribution < -0.4 is 5.32 Å². The number of carbonyl (C=O) groups excluding carboxylic acids is 3. The van der Waals surface area contributed by atoms with Crippen molar-refractivity contribution in [2.45, 2.75) is 19.8 Å². The maximum absolute atomic E-state index is 12.4. The number of benzene rings is 1. The number of hydrogen-bond acceptors (Lipinski definition) is 5. The highest BCUT2D eigenvalue weighted by Gasteiger charge is 2.27. The molecule has 2 aromatic rings. The molecule has 0 saturated carbocycles. The largest absolute Gasteiger partial charge is 0.461 e. The average Bonchev–Trinajstić information content (AvgIpc) is 3.18. The van der Waals surface area contributed by atoms with Crippen molar-refractivity contribution >= 4 is 28.8 Å². The number of aromatic nitrogens is 1. The first-order chi connectivity index (χ1) is 13.4. The third-order valence-corrected chi connectivity index (χ3v) is 4.82. The minimum absolute atomic E-state index is 0.0628. The number of esters is 1. The predicted molar refractivity (Wildman–Crippen MR) is 105 cm³/mol. The molecule has 0 spiro atoms. The summed E-state index contributed by atoms with van der Waals surface area (Å²) in [4.78, 5) is 42.3. The Labute approximate surface area is 163 Å². The maximum Gasteiger partial charge on any atom is 0.355 e. The molecule has 8 heteroatoms. The number of hydrogen-bond donors (Lipinski definition) is 2. The summed E-state index contributed by atoms with van der Waals surface area (Å²) in [5.74, 6) is -0.558. The van der Waals surface area contributed by atoms with Crippen LogP contribution in [0.4, 0.5) is 4.79 Å². The van der Waals surface area contributed by atoms with E-state index >= 15 is 0 Å². The molecular weight excluding hydrogens is 360 g/mol. The van der Waals surface area contributed by atoms with E-state index < -0.39 is 0 Å². The monoisotopic (exact) mass is 386 g/mol. The summed E-state index contributed by atoms with van der Waals surface area (Å²) < 4.78 is 5.20. The smallest absolute Gasteiger partial charge is 0.355 e. The van der Waals surface area contributed by atoms with Crippen molar-refractivity contribution in [3.63, 3.8) is 0 Å². The molecule has 0 bridgehead atoms. The van der Waals surface area contributed by atoms with Gasteiger partial charge in [0.2, 0.25) is 5.91 Å². The summed E-state index contributed by atoms with van der Waals surface area (Å²) in [6.07, 6.45) is 1.26. The molecule has 150 valence electrons. The van der Waals surface area contributed by atoms with E-state index in [-0.39, 0.29) is 24.5 Å². The fourth-order valence-electron chi connectivity index (χ4n) is 3.35. The van der Waals surface area contributed by atoms with Crippen molar-refractivity contribution in [2.24, 2.45) is 0 Å². The van der Waals surface area contributed by atoms with Gasteiger partial charge in [0.25, 0.3) is 0 Å². The highest BCUT2D eigenvalue weighted by molar-refractivity contribution is 6.02. The summed E-state index contributed by atoms with van der Waals surface area (Å²) in [5.41, 5.74) is 3.29. The van der Waals surface area contributed by atoms with Gasteiger partial charge in [0.05, 0.1) is 13.2 Å². The lowest BCUT2D eigenvalue weighted by Gasteiger charge is -2.12. The van der Waals surface area contributed by atoms with Crippen molar-refractivity contribution in [2.75, 3.05) is 40.3 Å². The van der Waals surface area contributed by atoms with Crippen LogP contribution in [0.5, 0.6) is 0 Å². The molecule has 1 aliphatic heterocycles. The standard InChI is InChI=1S/C20H26N4O4/c1-4-28-19(26)18-14(8-9-23(2)3)15-11-13(5-6-16(15)22-18)7-10-24-17(25)12-21-20(24)27/h5-6,11,22H,4,7-10,12H2,1-3H3,(H,21,27). The molecule has 3 rings (SSSR count). The Morgan fingerprint density at radius 2 is 2.04 bits per heavy atom. The summed E-state index contributed by atoms with van der Waals surface area (Å²) in [5, 5.41) is 3.50. The van der Waals surface area contributed by atoms with Gasteiger partial charge in [-0.25, -0.2) is 9.59 Å². The molecule has 28 heavy (non-hydrogen) atoms. The number of aromatic amines is 1. The molecule has 1 aromatic heterocycles. The number of amides is 3. The van der Waals surface area contributed by atoms with Crippen molar-refractivity contribution in [3.05, 3.63) is 35.0 Å². The van der Waals surface area contributed by atoms with E-state index in [1.807, 2.05) is 32.3 Å². The third-order valence-electron chi connectivity index (χ3n) is 4.82. The van der Waals surface area contributed by atoms with E-state index in [1.165, 1.54) is 4.90 Å². The lowest BCUT2D eigenvalue weighted by atomic mass is 10.0. The van der Waals surface area contributed by atoms with Gasteiger partial charge >= 0.3 is 12.0 Å². The second-order valence-electron chi connectivity index (χ2n) is 7.09. The molecule has 0 aliphatic carbocycles. The zero-order valence-corrected chi connectivity index (χ0v) is 16.5. The zero-order chi connectivity index (χ0) is 20.3. The number of urea groups is 1. The van der Waals surface area contributed by atoms with E-state index in [2.05, 4.69) is 15.2 Å². The van der Waals surface area contributed by atoms with E-state index in [0.717, 1.165) is 28.6 Å². The number of rotatable bonds is 8. The van der Waals surface area contributed by atoms with Crippen LogP contribution in [0.2, 0.25) is 0 Å². The Morgan fingerprint density at radius 1 is 1.25 bits per heavy atom. The number of ether oxygens (including phenoxy) is 1. The zero-order valence-electron chi connectivity index (χ0n) is 16.5. The summed E-state index contributed by atoms with van der Waals surface area (Å²) in [6.45, 7) is 3.30. The van der Waals surface area contributed by atoms with Gasteiger partial charge in [0, 0.05) is 24.0 Å². The van der Waals surface area contributed by atoms with Gasteiger partial charge in [-0.3, -0.25) is 9.69 Å². The van der Waals surface area contributed by atoms with Crippen LogP contribution in [0.3, 0.4) is 0 Å². The second kappa shape index (κ2) is 8.43. The Kier molecular flexibility index (Phi) is 5.99. The highest BCUT2D eigenvalue weighted by Crippen LogP contribution is 2.26. The van der Waals surface area contributed by atoms with Gasteiger partial charge in [-0.15, -0.1) is 0 Å². The van der Waals surface area contributed by atoms with Crippen LogP contribution in [-0.4, -0.2) is 73.0 Å². The second-order valence-corrected chi connectivity index (χ2v) is 7.09. The van der Waals surface area contributed by atoms with Crippen molar-refractivity contribution in [1.29, 1.82) is 0 Å². The first kappa shape index (κ1) is 19.9. The molecular formula is C20H26N4O4. The maximum atomic E-state index is 12.4. The topological polar surface area (TPSA) is 94.7 Å². The van der Waals surface area contributed by atoms with Crippen LogP contribution in [0.15, 0.2) is 18.2 Å². The quantitative estimate of drug-likeness (QED) is 0.530. The molecule has 0 unspecified atom stereocenters. The van der Waals surface area contributed by atoms with E-state index in [0.29, 0.717) is 31.7 Å². The molecule has 1 aliphatic rings. The Morgan fingerprint density at radius 3 is 2.68 bits per heavy atom.